The molecule has 1 rings (SSSR count). The van der Waals surface area contributed by atoms with Crippen molar-refractivity contribution in [1.29, 1.82) is 0 Å². The number of hydrogen-bond acceptors (Lipinski definition) is 3. The fourth-order valence-electron chi connectivity index (χ4n) is 3.13. The standard InChI is InChI=1S/C25H38O3/c1-2-3-4-5-6-7-8-9-10-11-12-13-14-15-19-22-24(26)28-25(27)23-20-17-16-18-21-23/h9-10,16-18,20-21H,2-8,11-15,19,22H2,1H3. The SMILES string of the molecule is CCCCCCCCC=CCCCCCCCC(=O)OC(=O)c1ccccc1. The van der Waals surface area contributed by atoms with E-state index in [1.165, 1.54) is 57.8 Å². The van der Waals surface area contributed by atoms with Gasteiger partial charge in [0.1, 0.15) is 0 Å². The van der Waals surface area contributed by atoms with Crippen LogP contribution in [0.2, 0.25) is 0 Å². The van der Waals surface area contributed by atoms with E-state index in [4.69, 9.17) is 4.74 Å². The maximum Gasteiger partial charge on any atom is 0.345 e. The maximum atomic E-state index is 11.8. The molecule has 0 bridgehead atoms. The van der Waals surface area contributed by atoms with Crippen LogP contribution in [0.4, 0.5) is 0 Å². The second-order valence-electron chi connectivity index (χ2n) is 7.46. The summed E-state index contributed by atoms with van der Waals surface area (Å²) >= 11 is 0. The van der Waals surface area contributed by atoms with Crippen LogP contribution < -0.4 is 0 Å². The van der Waals surface area contributed by atoms with Crippen molar-refractivity contribution in [2.75, 3.05) is 0 Å². The molecule has 156 valence electrons. The van der Waals surface area contributed by atoms with Crippen molar-refractivity contribution in [2.45, 2.75) is 96.8 Å². The van der Waals surface area contributed by atoms with Crippen LogP contribution in [0.3, 0.4) is 0 Å². The zero-order valence-electron chi connectivity index (χ0n) is 17.7. The van der Waals surface area contributed by atoms with Gasteiger partial charge in [0.15, 0.2) is 0 Å². The van der Waals surface area contributed by atoms with E-state index in [0.717, 1.165) is 25.7 Å². The molecule has 0 aliphatic rings. The van der Waals surface area contributed by atoms with Gasteiger partial charge in [0, 0.05) is 6.42 Å². The predicted molar refractivity (Wildman–Crippen MR) is 116 cm³/mol. The van der Waals surface area contributed by atoms with E-state index in [0.29, 0.717) is 12.0 Å². The van der Waals surface area contributed by atoms with Crippen molar-refractivity contribution in [3.8, 4) is 0 Å². The summed E-state index contributed by atoms with van der Waals surface area (Å²) in [6.45, 7) is 2.26. The molecule has 3 nitrogen and oxygen atoms in total. The lowest BCUT2D eigenvalue weighted by atomic mass is 10.1. The molecule has 0 saturated carbocycles. The molecule has 28 heavy (non-hydrogen) atoms. The summed E-state index contributed by atoms with van der Waals surface area (Å²) in [7, 11) is 0. The molecule has 1 aromatic carbocycles. The number of unbranched alkanes of at least 4 members (excludes halogenated alkanes) is 11. The summed E-state index contributed by atoms with van der Waals surface area (Å²) in [6, 6.07) is 8.63. The predicted octanol–water partition coefficient (Wildman–Crippen LogP) is 7.41. The Morgan fingerprint density at radius 1 is 0.750 bits per heavy atom. The fraction of sp³-hybridized carbons (Fsp3) is 0.600. The molecular weight excluding hydrogens is 348 g/mol. The number of benzene rings is 1. The second kappa shape index (κ2) is 17.2. The highest BCUT2D eigenvalue weighted by Crippen LogP contribution is 2.11. The van der Waals surface area contributed by atoms with Gasteiger partial charge in [-0.15, -0.1) is 0 Å². The minimum Gasteiger partial charge on any atom is -0.389 e. The molecule has 0 unspecified atom stereocenters. The first-order valence-corrected chi connectivity index (χ1v) is 11.2. The molecule has 1 aromatic rings. The molecule has 0 amide bonds. The largest absolute Gasteiger partial charge is 0.389 e. The maximum absolute atomic E-state index is 11.8. The molecule has 0 aliphatic carbocycles. The van der Waals surface area contributed by atoms with Crippen LogP contribution in [-0.2, 0) is 9.53 Å². The zero-order chi connectivity index (χ0) is 20.3. The summed E-state index contributed by atoms with van der Waals surface area (Å²) in [4.78, 5) is 23.5. The fourth-order valence-corrected chi connectivity index (χ4v) is 3.13. The van der Waals surface area contributed by atoms with Crippen LogP contribution in [0, 0.1) is 0 Å². The highest BCUT2D eigenvalue weighted by Gasteiger charge is 2.11. The van der Waals surface area contributed by atoms with E-state index in [9.17, 15) is 9.59 Å². The van der Waals surface area contributed by atoms with Gasteiger partial charge in [-0.25, -0.2) is 4.79 Å². The Hall–Kier alpha value is -1.90. The van der Waals surface area contributed by atoms with Crippen molar-refractivity contribution in [2.24, 2.45) is 0 Å². The lowest BCUT2D eigenvalue weighted by Crippen LogP contribution is -2.12. The van der Waals surface area contributed by atoms with E-state index in [2.05, 4.69) is 19.1 Å². The number of esters is 2. The minimum absolute atomic E-state index is 0.316. The van der Waals surface area contributed by atoms with Gasteiger partial charge in [-0.1, -0.05) is 88.6 Å². The Balaban J connectivity index is 1.89. The topological polar surface area (TPSA) is 43.4 Å². The van der Waals surface area contributed by atoms with Crippen LogP contribution in [0.5, 0.6) is 0 Å². The number of rotatable bonds is 16. The summed E-state index contributed by atoms with van der Waals surface area (Å²) in [6.07, 6.45) is 20.8. The average molecular weight is 387 g/mol. The first kappa shape index (κ1) is 24.1. The monoisotopic (exact) mass is 386 g/mol. The first-order valence-electron chi connectivity index (χ1n) is 11.2. The highest BCUT2D eigenvalue weighted by atomic mass is 16.6. The van der Waals surface area contributed by atoms with E-state index in [1.807, 2.05) is 6.07 Å². The molecule has 0 saturated heterocycles. The Labute approximate surface area is 171 Å². The van der Waals surface area contributed by atoms with Crippen molar-refractivity contribution in [3.05, 3.63) is 48.0 Å². The third-order valence-electron chi connectivity index (χ3n) is 4.86. The van der Waals surface area contributed by atoms with Crippen molar-refractivity contribution in [3.63, 3.8) is 0 Å². The number of carbonyl (C=O) groups excluding carboxylic acids is 2. The average Bonchev–Trinajstić information content (AvgIpc) is 2.71. The van der Waals surface area contributed by atoms with Gasteiger partial charge in [-0.2, -0.15) is 0 Å². The molecular formula is C25H38O3. The van der Waals surface area contributed by atoms with Gasteiger partial charge in [-0.05, 0) is 44.2 Å². The Bertz CT molecular complexity index is 548. The summed E-state index contributed by atoms with van der Waals surface area (Å²) < 4.78 is 4.87. The van der Waals surface area contributed by atoms with Gasteiger partial charge in [0.2, 0.25) is 0 Å². The molecule has 0 fully saturated rings. The van der Waals surface area contributed by atoms with E-state index < -0.39 is 11.9 Å². The van der Waals surface area contributed by atoms with E-state index >= 15 is 0 Å². The summed E-state index contributed by atoms with van der Waals surface area (Å²) in [5.74, 6) is -0.982. The molecule has 0 heterocycles. The summed E-state index contributed by atoms with van der Waals surface area (Å²) in [5, 5.41) is 0. The molecule has 0 radical (unpaired) electrons. The molecule has 0 atom stereocenters. The van der Waals surface area contributed by atoms with Crippen LogP contribution in [-0.4, -0.2) is 11.9 Å². The van der Waals surface area contributed by atoms with Crippen molar-refractivity contribution >= 4 is 11.9 Å². The Kier molecular flexibility index (Phi) is 14.8. The number of allylic oxidation sites excluding steroid dienone is 2. The lowest BCUT2D eigenvalue weighted by molar-refractivity contribution is -0.138. The number of carbonyl (C=O) groups is 2. The normalized spacial score (nSPS) is 11.0. The minimum atomic E-state index is -0.557. The highest BCUT2D eigenvalue weighted by molar-refractivity contribution is 5.96. The molecule has 3 heteroatoms. The van der Waals surface area contributed by atoms with Crippen LogP contribution in [0.15, 0.2) is 42.5 Å². The van der Waals surface area contributed by atoms with E-state index in [-0.39, 0.29) is 0 Å². The quantitative estimate of drug-likeness (QED) is 0.129. The van der Waals surface area contributed by atoms with E-state index in [1.54, 1.807) is 24.3 Å². The summed E-state index contributed by atoms with van der Waals surface area (Å²) in [5.41, 5.74) is 0.417. The molecule has 0 N–H and O–H groups in total. The van der Waals surface area contributed by atoms with Gasteiger partial charge < -0.3 is 4.74 Å². The number of ether oxygens (including phenoxy) is 1. The molecule has 0 aliphatic heterocycles. The lowest BCUT2D eigenvalue weighted by Gasteiger charge is -2.03. The van der Waals surface area contributed by atoms with Crippen molar-refractivity contribution in [1.82, 2.24) is 0 Å². The first-order chi connectivity index (χ1) is 13.7. The third kappa shape index (κ3) is 13.3. The second-order valence-corrected chi connectivity index (χ2v) is 7.46. The van der Waals surface area contributed by atoms with Crippen LogP contribution in [0.1, 0.15) is 107 Å². The Morgan fingerprint density at radius 2 is 1.29 bits per heavy atom. The van der Waals surface area contributed by atoms with Gasteiger partial charge >= 0.3 is 11.9 Å². The van der Waals surface area contributed by atoms with Crippen molar-refractivity contribution < 1.29 is 14.3 Å². The van der Waals surface area contributed by atoms with Gasteiger partial charge in [-0.3, -0.25) is 4.79 Å². The third-order valence-corrected chi connectivity index (χ3v) is 4.86. The van der Waals surface area contributed by atoms with Crippen LogP contribution in [0.25, 0.3) is 0 Å². The number of hydrogen-bond donors (Lipinski definition) is 0. The molecule has 0 spiro atoms. The smallest absolute Gasteiger partial charge is 0.345 e. The van der Waals surface area contributed by atoms with Gasteiger partial charge in [0.05, 0.1) is 5.56 Å². The zero-order valence-corrected chi connectivity index (χ0v) is 17.7. The Morgan fingerprint density at radius 3 is 1.89 bits per heavy atom. The van der Waals surface area contributed by atoms with Gasteiger partial charge in [0.25, 0.3) is 0 Å². The van der Waals surface area contributed by atoms with Crippen LogP contribution >= 0.6 is 0 Å². The molecule has 0 aromatic heterocycles.